The molecule has 0 aliphatic carbocycles. The molecule has 3 nitrogen and oxygen atoms in total. The number of benzene rings is 1. The molecule has 1 aromatic carbocycles. The molecule has 1 atom stereocenters. The van der Waals surface area contributed by atoms with E-state index in [1.165, 1.54) is 12.1 Å². The lowest BCUT2D eigenvalue weighted by molar-refractivity contribution is -0.0280. The van der Waals surface area contributed by atoms with Gasteiger partial charge in [0.15, 0.2) is 0 Å². The Morgan fingerprint density at radius 2 is 1.95 bits per heavy atom. The molecule has 2 rings (SSSR count). The maximum atomic E-state index is 14.2. The van der Waals surface area contributed by atoms with Gasteiger partial charge in [0.05, 0.1) is 12.2 Å². The number of halogens is 2. The van der Waals surface area contributed by atoms with Crippen LogP contribution in [0.1, 0.15) is 26.3 Å². The number of ether oxygens (including phenoxy) is 1. The molecule has 0 aromatic heterocycles. The zero-order chi connectivity index (χ0) is 14.9. The summed E-state index contributed by atoms with van der Waals surface area (Å²) in [7, 11) is 0. The lowest BCUT2D eigenvalue weighted by Crippen LogP contribution is -2.49. The van der Waals surface area contributed by atoms with Gasteiger partial charge in [-0.15, -0.1) is 0 Å². The van der Waals surface area contributed by atoms with E-state index in [-0.39, 0.29) is 11.7 Å². The lowest BCUT2D eigenvalue weighted by atomic mass is 10.0. The van der Waals surface area contributed by atoms with E-state index in [1.807, 2.05) is 20.8 Å². The van der Waals surface area contributed by atoms with E-state index in [9.17, 15) is 8.78 Å². The maximum Gasteiger partial charge on any atom is 0.149 e. The van der Waals surface area contributed by atoms with Gasteiger partial charge >= 0.3 is 0 Å². The molecule has 1 aliphatic rings. The van der Waals surface area contributed by atoms with Crippen LogP contribution >= 0.6 is 0 Å². The van der Waals surface area contributed by atoms with Gasteiger partial charge in [0, 0.05) is 19.1 Å². The summed E-state index contributed by atoms with van der Waals surface area (Å²) in [5.74, 6) is -1.06. The second kappa shape index (κ2) is 5.66. The van der Waals surface area contributed by atoms with Gasteiger partial charge in [-0.1, -0.05) is 0 Å². The highest BCUT2D eigenvalue weighted by atomic mass is 19.1. The van der Waals surface area contributed by atoms with E-state index < -0.39 is 17.2 Å². The molecule has 1 aliphatic heterocycles. The molecule has 1 unspecified atom stereocenters. The van der Waals surface area contributed by atoms with Crippen molar-refractivity contribution in [1.82, 2.24) is 0 Å². The minimum absolute atomic E-state index is 0.0369. The average molecular weight is 284 g/mol. The zero-order valence-corrected chi connectivity index (χ0v) is 12.2. The number of nitrogens with two attached hydrogens (primary N) is 1. The summed E-state index contributed by atoms with van der Waals surface area (Å²) < 4.78 is 34.0. The number of morpholine rings is 1. The zero-order valence-electron chi connectivity index (χ0n) is 12.2. The van der Waals surface area contributed by atoms with Crippen LogP contribution in [0.3, 0.4) is 0 Å². The Morgan fingerprint density at radius 3 is 2.45 bits per heavy atom. The van der Waals surface area contributed by atoms with Crippen molar-refractivity contribution in [1.29, 1.82) is 0 Å². The molecule has 5 heteroatoms. The summed E-state index contributed by atoms with van der Waals surface area (Å²) in [5.41, 5.74) is 5.89. The monoisotopic (exact) mass is 284 g/mol. The first kappa shape index (κ1) is 15.2. The Balaban J connectivity index is 2.28. The molecule has 0 bridgehead atoms. The van der Waals surface area contributed by atoms with Crippen LogP contribution in [0, 0.1) is 11.6 Å². The number of hydrogen-bond acceptors (Lipinski definition) is 3. The van der Waals surface area contributed by atoms with Gasteiger partial charge in [0.25, 0.3) is 0 Å². The van der Waals surface area contributed by atoms with Crippen LogP contribution in [0.15, 0.2) is 12.1 Å². The number of rotatable bonds is 3. The average Bonchev–Trinajstić information content (AvgIpc) is 2.25. The summed E-state index contributed by atoms with van der Waals surface area (Å²) >= 11 is 0. The first-order chi connectivity index (χ1) is 9.28. The summed E-state index contributed by atoms with van der Waals surface area (Å²) in [6.45, 7) is 7.07. The first-order valence-electron chi connectivity index (χ1n) is 6.91. The minimum atomic E-state index is -0.529. The number of hydrogen-bond donors (Lipinski definition) is 1. The van der Waals surface area contributed by atoms with Crippen LogP contribution in [-0.2, 0) is 11.2 Å². The standard InChI is InChI=1S/C15H22F2N2O/c1-10(18)6-11-7-12(16)14(13(17)8-11)19-4-5-20-15(2,3)9-19/h7-8,10H,4-6,9,18H2,1-3H3. The Morgan fingerprint density at radius 1 is 1.35 bits per heavy atom. The van der Waals surface area contributed by atoms with Gasteiger partial charge in [0.2, 0.25) is 0 Å². The minimum Gasteiger partial charge on any atom is -0.372 e. The highest BCUT2D eigenvalue weighted by molar-refractivity contribution is 5.51. The number of nitrogens with zero attached hydrogens (tertiary/aromatic N) is 1. The third-order valence-corrected chi connectivity index (χ3v) is 3.38. The highest BCUT2D eigenvalue weighted by Crippen LogP contribution is 2.29. The molecule has 1 aromatic rings. The third-order valence-electron chi connectivity index (χ3n) is 3.38. The molecule has 112 valence electrons. The largest absolute Gasteiger partial charge is 0.372 e. The van der Waals surface area contributed by atoms with E-state index in [0.29, 0.717) is 31.7 Å². The fourth-order valence-corrected chi connectivity index (χ4v) is 2.62. The highest BCUT2D eigenvalue weighted by Gasteiger charge is 2.30. The Kier molecular flexibility index (Phi) is 4.30. The van der Waals surface area contributed by atoms with Gasteiger partial charge in [-0.3, -0.25) is 0 Å². The van der Waals surface area contributed by atoms with E-state index in [1.54, 1.807) is 4.90 Å². The predicted molar refractivity (Wildman–Crippen MR) is 76.0 cm³/mol. The van der Waals surface area contributed by atoms with Crippen LogP contribution in [0.5, 0.6) is 0 Å². The van der Waals surface area contributed by atoms with Gasteiger partial charge in [-0.2, -0.15) is 0 Å². The van der Waals surface area contributed by atoms with Crippen LogP contribution in [0.2, 0.25) is 0 Å². The Labute approximate surface area is 118 Å². The molecular weight excluding hydrogens is 262 g/mol. The molecule has 0 radical (unpaired) electrons. The topological polar surface area (TPSA) is 38.5 Å². The summed E-state index contributed by atoms with van der Waals surface area (Å²) in [5, 5.41) is 0. The second-order valence-electron chi connectivity index (χ2n) is 6.12. The maximum absolute atomic E-state index is 14.2. The van der Waals surface area contributed by atoms with Crippen molar-refractivity contribution in [2.24, 2.45) is 5.73 Å². The van der Waals surface area contributed by atoms with Gasteiger partial charge < -0.3 is 15.4 Å². The van der Waals surface area contributed by atoms with E-state index in [4.69, 9.17) is 10.5 Å². The quantitative estimate of drug-likeness (QED) is 0.926. The molecule has 0 amide bonds. The Bertz CT molecular complexity index is 466. The van der Waals surface area contributed by atoms with E-state index in [0.717, 1.165) is 0 Å². The van der Waals surface area contributed by atoms with Crippen LogP contribution in [0.4, 0.5) is 14.5 Å². The van der Waals surface area contributed by atoms with Gasteiger partial charge in [-0.25, -0.2) is 8.78 Å². The van der Waals surface area contributed by atoms with Crippen molar-refractivity contribution < 1.29 is 13.5 Å². The Hall–Kier alpha value is -1.20. The summed E-state index contributed by atoms with van der Waals surface area (Å²) in [6, 6.07) is 2.64. The third kappa shape index (κ3) is 3.46. The van der Waals surface area contributed by atoms with Crippen molar-refractivity contribution in [2.45, 2.75) is 38.8 Å². The molecule has 1 saturated heterocycles. The summed E-state index contributed by atoms with van der Waals surface area (Å²) in [4.78, 5) is 1.71. The van der Waals surface area contributed by atoms with E-state index in [2.05, 4.69) is 0 Å². The predicted octanol–water partition coefficient (Wildman–Crippen LogP) is 2.47. The van der Waals surface area contributed by atoms with E-state index >= 15 is 0 Å². The van der Waals surface area contributed by atoms with Crippen LogP contribution < -0.4 is 10.6 Å². The van der Waals surface area contributed by atoms with Crippen LogP contribution in [0.25, 0.3) is 0 Å². The SMILES string of the molecule is CC(N)Cc1cc(F)c(N2CCOC(C)(C)C2)c(F)c1. The van der Waals surface area contributed by atoms with Crippen molar-refractivity contribution in [3.63, 3.8) is 0 Å². The smallest absolute Gasteiger partial charge is 0.149 e. The molecule has 1 fully saturated rings. The molecule has 2 N–H and O–H groups in total. The molecule has 20 heavy (non-hydrogen) atoms. The summed E-state index contributed by atoms with van der Waals surface area (Å²) in [6.07, 6.45) is 0.461. The van der Waals surface area contributed by atoms with Gasteiger partial charge in [0.1, 0.15) is 17.3 Å². The van der Waals surface area contributed by atoms with Crippen LogP contribution in [-0.4, -0.2) is 31.3 Å². The molecule has 0 spiro atoms. The lowest BCUT2D eigenvalue weighted by Gasteiger charge is -2.39. The van der Waals surface area contributed by atoms with Crippen molar-refractivity contribution in [3.05, 3.63) is 29.3 Å². The van der Waals surface area contributed by atoms with Gasteiger partial charge in [-0.05, 0) is 44.9 Å². The first-order valence-corrected chi connectivity index (χ1v) is 6.91. The fraction of sp³-hybridized carbons (Fsp3) is 0.600. The van der Waals surface area contributed by atoms with Crippen molar-refractivity contribution in [3.8, 4) is 0 Å². The molecular formula is C15H22F2N2O. The number of anilines is 1. The fourth-order valence-electron chi connectivity index (χ4n) is 2.62. The second-order valence-corrected chi connectivity index (χ2v) is 6.12. The van der Waals surface area contributed by atoms with Crippen molar-refractivity contribution >= 4 is 5.69 Å². The molecule has 0 saturated carbocycles. The van der Waals surface area contributed by atoms with Crippen molar-refractivity contribution in [2.75, 3.05) is 24.6 Å². The normalized spacial score (nSPS) is 20.0. The molecule has 1 heterocycles.